The molecule has 0 saturated carbocycles. The maximum absolute atomic E-state index is 13.3. The summed E-state index contributed by atoms with van der Waals surface area (Å²) in [7, 11) is -2.63. The fourth-order valence-corrected chi connectivity index (χ4v) is 2.89. The average Bonchev–Trinajstić information content (AvgIpc) is 2.01. The van der Waals surface area contributed by atoms with E-state index in [0.717, 1.165) is 12.8 Å². The van der Waals surface area contributed by atoms with Gasteiger partial charge in [0.25, 0.3) is 0 Å². The van der Waals surface area contributed by atoms with Gasteiger partial charge in [0.2, 0.25) is 8.41 Å². The van der Waals surface area contributed by atoms with Crippen LogP contribution in [0.25, 0.3) is 0 Å². The molecule has 0 aromatic heterocycles. The Morgan fingerprint density at radius 3 is 2.50 bits per heavy atom. The summed E-state index contributed by atoms with van der Waals surface area (Å²) in [6.07, 6.45) is 1.89. The molecular weight excluding hydrogens is 199 g/mol. The van der Waals surface area contributed by atoms with Gasteiger partial charge in [-0.3, -0.25) is 4.79 Å². The van der Waals surface area contributed by atoms with Gasteiger partial charge in [0.15, 0.2) is 0 Å². The van der Waals surface area contributed by atoms with Crippen LogP contribution in [0.3, 0.4) is 0 Å². The van der Waals surface area contributed by atoms with Gasteiger partial charge in [-0.25, -0.2) is 0 Å². The molecule has 0 N–H and O–H groups in total. The number of unbranched alkanes of at least 4 members (excludes halogenated alkanes) is 1. The number of hydrogen-bond acceptors (Lipinski definition) is 2. The van der Waals surface area contributed by atoms with E-state index in [4.69, 9.17) is 4.74 Å². The molecule has 4 heteroatoms. The maximum atomic E-state index is 13.3. The quantitative estimate of drug-likeness (QED) is 0.297. The number of carbonyl (C=O) groups excluding carboxylic acids is 1. The van der Waals surface area contributed by atoms with Gasteiger partial charge < -0.3 is 8.84 Å². The highest BCUT2D eigenvalue weighted by molar-refractivity contribution is 6.70. The number of halogens is 1. The van der Waals surface area contributed by atoms with Gasteiger partial charge >= 0.3 is 5.97 Å². The Kier molecular flexibility index (Phi) is 6.00. The minimum atomic E-state index is -2.63. The highest BCUT2D eigenvalue weighted by Crippen LogP contribution is 2.18. The molecule has 0 radical (unpaired) electrons. The first kappa shape index (κ1) is 13.6. The summed E-state index contributed by atoms with van der Waals surface area (Å²) in [5.41, 5.74) is 0. The van der Waals surface area contributed by atoms with Crippen LogP contribution in [-0.2, 0) is 9.53 Å². The van der Waals surface area contributed by atoms with E-state index in [9.17, 15) is 8.90 Å². The lowest BCUT2D eigenvalue weighted by Gasteiger charge is -2.16. The van der Waals surface area contributed by atoms with Crippen molar-refractivity contribution < 1.29 is 13.6 Å². The topological polar surface area (TPSA) is 26.3 Å². The smallest absolute Gasteiger partial charge is 0.308 e. The van der Waals surface area contributed by atoms with Gasteiger partial charge in [-0.2, -0.15) is 0 Å². The Labute approximate surface area is 87.0 Å². The number of rotatable bonds is 6. The first-order chi connectivity index (χ1) is 6.37. The van der Waals surface area contributed by atoms with E-state index < -0.39 is 8.41 Å². The lowest BCUT2D eigenvalue weighted by Crippen LogP contribution is -2.26. The highest BCUT2D eigenvalue weighted by atomic mass is 28.4. The fourth-order valence-electron chi connectivity index (χ4n) is 1.27. The van der Waals surface area contributed by atoms with Crippen molar-refractivity contribution in [2.75, 3.05) is 6.61 Å². The second-order valence-corrected chi connectivity index (χ2v) is 8.19. The van der Waals surface area contributed by atoms with E-state index >= 15 is 0 Å². The van der Waals surface area contributed by atoms with Gasteiger partial charge in [-0.1, -0.05) is 20.3 Å². The van der Waals surface area contributed by atoms with Crippen LogP contribution in [0.5, 0.6) is 0 Å². The molecule has 0 fully saturated rings. The molecule has 0 aliphatic heterocycles. The van der Waals surface area contributed by atoms with Crippen LogP contribution in [0.15, 0.2) is 0 Å². The average molecular weight is 220 g/mol. The normalized spacial score (nSPS) is 13.8. The van der Waals surface area contributed by atoms with Gasteiger partial charge in [-0.05, 0) is 25.6 Å². The van der Waals surface area contributed by atoms with Crippen molar-refractivity contribution >= 4 is 14.4 Å². The molecule has 0 rings (SSSR count). The molecule has 0 bridgehead atoms. The van der Waals surface area contributed by atoms with Crippen LogP contribution in [-0.4, -0.2) is 21.0 Å². The van der Waals surface area contributed by atoms with Crippen molar-refractivity contribution in [2.45, 2.75) is 45.8 Å². The summed E-state index contributed by atoms with van der Waals surface area (Å²) in [6, 6.07) is 0.359. The van der Waals surface area contributed by atoms with Crippen molar-refractivity contribution in [3.63, 3.8) is 0 Å². The van der Waals surface area contributed by atoms with Gasteiger partial charge in [0, 0.05) is 0 Å². The standard InChI is InChI=1S/C10H21FO2Si/c1-5-6-7-13-10(12)9(2)8-14(3,4)11/h9H,5-8H2,1-4H3. The van der Waals surface area contributed by atoms with Crippen LogP contribution < -0.4 is 0 Å². The Balaban J connectivity index is 3.77. The zero-order valence-corrected chi connectivity index (χ0v) is 10.6. The first-order valence-electron chi connectivity index (χ1n) is 5.22. The van der Waals surface area contributed by atoms with Crippen LogP contribution in [0.4, 0.5) is 4.11 Å². The molecule has 0 aliphatic carbocycles. The van der Waals surface area contributed by atoms with Crippen LogP contribution in [0, 0.1) is 5.92 Å². The molecule has 0 aliphatic rings. The molecule has 0 heterocycles. The van der Waals surface area contributed by atoms with Crippen LogP contribution in [0.2, 0.25) is 19.1 Å². The number of carbonyl (C=O) groups is 1. The van der Waals surface area contributed by atoms with Crippen molar-refractivity contribution in [2.24, 2.45) is 5.92 Å². The summed E-state index contributed by atoms with van der Waals surface area (Å²) < 4.78 is 18.3. The van der Waals surface area contributed by atoms with Crippen molar-refractivity contribution in [1.82, 2.24) is 0 Å². The van der Waals surface area contributed by atoms with Crippen molar-refractivity contribution in [3.8, 4) is 0 Å². The fraction of sp³-hybridized carbons (Fsp3) is 0.900. The van der Waals surface area contributed by atoms with E-state index in [1.54, 1.807) is 20.0 Å². The highest BCUT2D eigenvalue weighted by Gasteiger charge is 2.27. The van der Waals surface area contributed by atoms with E-state index in [2.05, 4.69) is 0 Å². The molecule has 1 unspecified atom stereocenters. The lowest BCUT2D eigenvalue weighted by molar-refractivity contribution is -0.147. The number of hydrogen-bond donors (Lipinski definition) is 0. The summed E-state index contributed by atoms with van der Waals surface area (Å²) in [6.45, 7) is 7.47. The predicted octanol–water partition coefficient (Wildman–Crippen LogP) is 3.14. The summed E-state index contributed by atoms with van der Waals surface area (Å²) >= 11 is 0. The van der Waals surface area contributed by atoms with Crippen LogP contribution >= 0.6 is 0 Å². The monoisotopic (exact) mass is 220 g/mol. The molecule has 0 aromatic carbocycles. The minimum Gasteiger partial charge on any atom is -0.465 e. The number of ether oxygens (including phenoxy) is 1. The molecule has 2 nitrogen and oxygen atoms in total. The third-order valence-electron chi connectivity index (χ3n) is 1.94. The first-order valence-corrected chi connectivity index (χ1v) is 8.31. The van der Waals surface area contributed by atoms with Crippen molar-refractivity contribution in [3.05, 3.63) is 0 Å². The maximum Gasteiger partial charge on any atom is 0.308 e. The second-order valence-electron chi connectivity index (χ2n) is 4.34. The molecule has 0 amide bonds. The summed E-state index contributed by atoms with van der Waals surface area (Å²) in [4.78, 5) is 11.3. The Hall–Kier alpha value is -0.383. The third kappa shape index (κ3) is 7.06. The molecule has 0 spiro atoms. The molecule has 0 aromatic rings. The zero-order valence-electron chi connectivity index (χ0n) is 9.60. The SMILES string of the molecule is CCCCOC(=O)C(C)C[Si](C)(C)F. The van der Waals surface area contributed by atoms with E-state index in [0.29, 0.717) is 12.7 Å². The number of esters is 1. The van der Waals surface area contributed by atoms with E-state index in [-0.39, 0.29) is 11.9 Å². The second kappa shape index (κ2) is 6.17. The van der Waals surface area contributed by atoms with E-state index in [1.807, 2.05) is 6.92 Å². The molecular formula is C10H21FO2Si. The zero-order chi connectivity index (χ0) is 11.2. The Morgan fingerprint density at radius 1 is 1.50 bits per heavy atom. The molecule has 0 saturated heterocycles. The Bertz CT molecular complexity index is 177. The summed E-state index contributed by atoms with van der Waals surface area (Å²) in [5.74, 6) is -0.546. The predicted molar refractivity (Wildman–Crippen MR) is 58.4 cm³/mol. The van der Waals surface area contributed by atoms with Gasteiger partial charge in [0.1, 0.15) is 0 Å². The molecule has 84 valence electrons. The van der Waals surface area contributed by atoms with Gasteiger partial charge in [-0.15, -0.1) is 0 Å². The van der Waals surface area contributed by atoms with Gasteiger partial charge in [0.05, 0.1) is 12.5 Å². The Morgan fingerprint density at radius 2 is 2.07 bits per heavy atom. The largest absolute Gasteiger partial charge is 0.465 e. The summed E-state index contributed by atoms with van der Waals surface area (Å²) in [5, 5.41) is 0. The van der Waals surface area contributed by atoms with Crippen LogP contribution in [0.1, 0.15) is 26.7 Å². The van der Waals surface area contributed by atoms with Crippen molar-refractivity contribution in [1.29, 1.82) is 0 Å². The molecule has 1 atom stereocenters. The van der Waals surface area contributed by atoms with E-state index in [1.165, 1.54) is 0 Å². The molecule has 14 heavy (non-hydrogen) atoms. The minimum absolute atomic E-state index is 0.253. The third-order valence-corrected chi connectivity index (χ3v) is 3.52. The lowest BCUT2D eigenvalue weighted by atomic mass is 10.2.